The number of nitrogens with zero attached hydrogens (tertiary/aromatic N) is 4. The lowest BCUT2D eigenvalue weighted by atomic mass is 10.1. The minimum atomic E-state index is -0.374. The zero-order valence-corrected chi connectivity index (χ0v) is 20.2. The molecule has 0 radical (unpaired) electrons. The molecule has 186 valence electrons. The first kappa shape index (κ1) is 23.5. The van der Waals surface area contributed by atoms with Gasteiger partial charge in [0.25, 0.3) is 5.91 Å². The maximum absolute atomic E-state index is 12.3. The Labute approximate surface area is 207 Å². The fourth-order valence-corrected chi connectivity index (χ4v) is 4.03. The molecular weight excluding hydrogens is 462 g/mol. The summed E-state index contributed by atoms with van der Waals surface area (Å²) >= 11 is 0. The predicted octanol–water partition coefficient (Wildman–Crippen LogP) is 3.38. The molecule has 36 heavy (non-hydrogen) atoms. The number of hydrogen-bond acceptors (Lipinski definition) is 9. The van der Waals surface area contributed by atoms with E-state index in [0.717, 1.165) is 16.8 Å². The number of imidazole rings is 1. The molecule has 1 aliphatic rings. The molecule has 11 nitrogen and oxygen atoms in total. The maximum Gasteiger partial charge on any atom is 0.271 e. The van der Waals surface area contributed by atoms with Gasteiger partial charge in [0.05, 0.1) is 43.6 Å². The molecule has 0 unspecified atom stereocenters. The van der Waals surface area contributed by atoms with Gasteiger partial charge in [-0.2, -0.15) is 0 Å². The number of amides is 1. The summed E-state index contributed by atoms with van der Waals surface area (Å²) in [4.78, 5) is 21.3. The summed E-state index contributed by atoms with van der Waals surface area (Å²) in [6.07, 6.45) is 2.98. The Morgan fingerprint density at radius 3 is 2.72 bits per heavy atom. The number of aromatic nitrogens is 4. The van der Waals surface area contributed by atoms with Gasteiger partial charge in [0, 0.05) is 37.0 Å². The van der Waals surface area contributed by atoms with E-state index in [4.69, 9.17) is 14.2 Å². The molecule has 4 heterocycles. The van der Waals surface area contributed by atoms with Gasteiger partial charge in [-0.05, 0) is 25.1 Å². The standard InChI is InChI=1S/C25H27N7O4/c1-4-27-24(33)20-14-32-23(30-20)19(26-2)12-21(31-32)29-18-7-5-6-16(22(18)34-3)17-9-8-15(13-28-17)25-35-10-11-36-25/h5-9,12-14,25-26H,4,10-11H2,1-3H3,(H,27,33)(H,29,31). The summed E-state index contributed by atoms with van der Waals surface area (Å²) in [5, 5.41) is 13.8. The van der Waals surface area contributed by atoms with Crippen molar-refractivity contribution in [1.82, 2.24) is 24.9 Å². The third kappa shape index (κ3) is 4.53. The van der Waals surface area contributed by atoms with Crippen LogP contribution < -0.4 is 20.7 Å². The number of benzene rings is 1. The molecule has 1 fully saturated rings. The number of rotatable bonds is 8. The number of ether oxygens (including phenoxy) is 3. The highest BCUT2D eigenvalue weighted by molar-refractivity contribution is 5.93. The number of para-hydroxylation sites is 1. The molecule has 5 rings (SSSR count). The van der Waals surface area contributed by atoms with Gasteiger partial charge in [0.15, 0.2) is 23.5 Å². The van der Waals surface area contributed by atoms with E-state index < -0.39 is 0 Å². The second-order valence-corrected chi connectivity index (χ2v) is 8.01. The van der Waals surface area contributed by atoms with Crippen LogP contribution in [0, 0.1) is 0 Å². The topological polar surface area (TPSA) is 124 Å². The SMILES string of the molecule is CCNC(=O)c1cn2nc(Nc3cccc(-c4ccc(C5OCCO5)cn4)c3OC)cc(NC)c2n1. The maximum atomic E-state index is 12.3. The lowest BCUT2D eigenvalue weighted by molar-refractivity contribution is -0.0443. The zero-order valence-electron chi connectivity index (χ0n) is 20.2. The van der Waals surface area contributed by atoms with Crippen molar-refractivity contribution in [2.45, 2.75) is 13.2 Å². The molecule has 3 N–H and O–H groups in total. The van der Waals surface area contributed by atoms with Crippen molar-refractivity contribution >= 4 is 28.7 Å². The highest BCUT2D eigenvalue weighted by Gasteiger charge is 2.20. The summed E-state index contributed by atoms with van der Waals surface area (Å²) in [6.45, 7) is 3.53. The van der Waals surface area contributed by atoms with Crippen molar-refractivity contribution in [2.75, 3.05) is 44.5 Å². The van der Waals surface area contributed by atoms with E-state index in [1.807, 2.05) is 43.3 Å². The molecular formula is C25H27N7O4. The van der Waals surface area contributed by atoms with E-state index >= 15 is 0 Å². The van der Waals surface area contributed by atoms with Crippen molar-refractivity contribution < 1.29 is 19.0 Å². The molecule has 1 saturated heterocycles. The molecule has 0 atom stereocenters. The van der Waals surface area contributed by atoms with Gasteiger partial charge in [0.2, 0.25) is 0 Å². The van der Waals surface area contributed by atoms with Crippen LogP contribution in [0.3, 0.4) is 0 Å². The van der Waals surface area contributed by atoms with E-state index in [1.165, 1.54) is 0 Å². The number of nitrogens with one attached hydrogen (secondary N) is 3. The lowest BCUT2D eigenvalue weighted by Gasteiger charge is -2.16. The van der Waals surface area contributed by atoms with Crippen LogP contribution in [0.15, 0.2) is 48.8 Å². The number of anilines is 3. The van der Waals surface area contributed by atoms with Crippen molar-refractivity contribution in [3.63, 3.8) is 0 Å². The van der Waals surface area contributed by atoms with Gasteiger partial charge in [-0.15, -0.1) is 5.10 Å². The Balaban J connectivity index is 1.46. The van der Waals surface area contributed by atoms with Crippen LogP contribution in [-0.2, 0) is 9.47 Å². The number of carbonyl (C=O) groups excluding carboxylic acids is 1. The smallest absolute Gasteiger partial charge is 0.271 e. The molecule has 0 aliphatic carbocycles. The molecule has 11 heteroatoms. The third-order valence-corrected chi connectivity index (χ3v) is 5.70. The fraction of sp³-hybridized carbons (Fsp3) is 0.280. The monoisotopic (exact) mass is 489 g/mol. The quantitative estimate of drug-likeness (QED) is 0.342. The largest absolute Gasteiger partial charge is 0.494 e. The fourth-order valence-electron chi connectivity index (χ4n) is 4.03. The van der Waals surface area contributed by atoms with E-state index in [-0.39, 0.29) is 12.2 Å². The molecule has 4 aromatic rings. The first-order chi connectivity index (χ1) is 17.6. The Kier molecular flexibility index (Phi) is 6.65. The Morgan fingerprint density at radius 2 is 2.03 bits per heavy atom. The van der Waals surface area contributed by atoms with Crippen molar-refractivity contribution in [2.24, 2.45) is 0 Å². The lowest BCUT2D eigenvalue weighted by Crippen LogP contribution is -2.22. The summed E-state index contributed by atoms with van der Waals surface area (Å²) in [7, 11) is 3.40. The second kappa shape index (κ2) is 10.2. The van der Waals surface area contributed by atoms with Crippen LogP contribution in [-0.4, -0.2) is 59.4 Å². The molecule has 0 bridgehead atoms. The minimum absolute atomic E-state index is 0.251. The van der Waals surface area contributed by atoms with Gasteiger partial charge in [-0.1, -0.05) is 12.1 Å². The average molecular weight is 490 g/mol. The molecule has 1 aliphatic heterocycles. The predicted molar refractivity (Wildman–Crippen MR) is 135 cm³/mol. The van der Waals surface area contributed by atoms with Crippen molar-refractivity contribution in [3.8, 4) is 17.0 Å². The third-order valence-electron chi connectivity index (χ3n) is 5.70. The Hall–Kier alpha value is -4.22. The minimum Gasteiger partial charge on any atom is -0.494 e. The summed E-state index contributed by atoms with van der Waals surface area (Å²) in [5.74, 6) is 0.909. The average Bonchev–Trinajstić information content (AvgIpc) is 3.59. The highest BCUT2D eigenvalue weighted by Crippen LogP contribution is 2.37. The number of pyridine rings is 1. The number of hydrogen-bond donors (Lipinski definition) is 3. The molecule has 1 aromatic carbocycles. The number of methoxy groups -OCH3 is 1. The molecule has 3 aromatic heterocycles. The molecule has 0 spiro atoms. The molecule has 1 amide bonds. The van der Waals surface area contributed by atoms with Crippen LogP contribution in [0.1, 0.15) is 29.3 Å². The highest BCUT2D eigenvalue weighted by atomic mass is 16.7. The number of fused-ring (bicyclic) bond motifs is 1. The van der Waals surface area contributed by atoms with E-state index in [2.05, 4.69) is 31.0 Å². The van der Waals surface area contributed by atoms with Crippen LogP contribution >= 0.6 is 0 Å². The van der Waals surface area contributed by atoms with E-state index in [9.17, 15) is 4.79 Å². The van der Waals surface area contributed by atoms with Gasteiger partial charge in [-0.3, -0.25) is 9.78 Å². The summed E-state index contributed by atoms with van der Waals surface area (Å²) < 4.78 is 18.5. The van der Waals surface area contributed by atoms with E-state index in [0.29, 0.717) is 54.0 Å². The van der Waals surface area contributed by atoms with Crippen LogP contribution in [0.2, 0.25) is 0 Å². The van der Waals surface area contributed by atoms with Crippen molar-refractivity contribution in [1.29, 1.82) is 0 Å². The van der Waals surface area contributed by atoms with Crippen LogP contribution in [0.25, 0.3) is 16.9 Å². The van der Waals surface area contributed by atoms with Crippen LogP contribution in [0.4, 0.5) is 17.2 Å². The summed E-state index contributed by atoms with van der Waals surface area (Å²) in [6, 6.07) is 11.4. The first-order valence-electron chi connectivity index (χ1n) is 11.6. The van der Waals surface area contributed by atoms with Crippen LogP contribution in [0.5, 0.6) is 5.75 Å². The second-order valence-electron chi connectivity index (χ2n) is 8.01. The van der Waals surface area contributed by atoms with E-state index in [1.54, 1.807) is 31.1 Å². The Bertz CT molecular complexity index is 1380. The van der Waals surface area contributed by atoms with Gasteiger partial charge >= 0.3 is 0 Å². The first-order valence-corrected chi connectivity index (χ1v) is 11.6. The molecule has 0 saturated carbocycles. The Morgan fingerprint density at radius 1 is 1.19 bits per heavy atom. The summed E-state index contributed by atoms with van der Waals surface area (Å²) in [5.41, 5.74) is 4.70. The van der Waals surface area contributed by atoms with Gasteiger partial charge in [-0.25, -0.2) is 9.50 Å². The number of carbonyl (C=O) groups is 1. The van der Waals surface area contributed by atoms with Gasteiger partial charge < -0.3 is 30.2 Å². The van der Waals surface area contributed by atoms with Crippen molar-refractivity contribution in [3.05, 3.63) is 60.0 Å². The zero-order chi connectivity index (χ0) is 25.1. The van der Waals surface area contributed by atoms with Gasteiger partial charge in [0.1, 0.15) is 5.69 Å². The normalized spacial score (nSPS) is 13.6.